The van der Waals surface area contributed by atoms with Gasteiger partial charge in [0.05, 0.1) is 0 Å². The quantitative estimate of drug-likeness (QED) is 0.802. The first-order chi connectivity index (χ1) is 9.15. The molecule has 6 heteroatoms. The second-order valence-electron chi connectivity index (χ2n) is 3.85. The number of hydrogen-bond acceptors (Lipinski definition) is 4. The molecule has 1 aromatic carbocycles. The highest BCUT2D eigenvalue weighted by Gasteiger charge is 2.04. The number of methoxy groups -OCH3 is 1. The maximum atomic E-state index is 11.6. The molecule has 0 bridgehead atoms. The minimum absolute atomic E-state index is 0.00428. The first kappa shape index (κ1) is 15.5. The van der Waals surface area contributed by atoms with Crippen molar-refractivity contribution in [3.8, 4) is 0 Å². The molecule has 0 unspecified atom stereocenters. The van der Waals surface area contributed by atoms with Crippen LogP contribution in [-0.4, -0.2) is 37.5 Å². The summed E-state index contributed by atoms with van der Waals surface area (Å²) < 4.78 is 4.73. The lowest BCUT2D eigenvalue weighted by Crippen LogP contribution is -2.17. The largest absolute Gasteiger partial charge is 0.375 e. The number of thioether (sulfide) groups is 1. The van der Waals surface area contributed by atoms with Crippen LogP contribution in [0.2, 0.25) is 0 Å². The van der Waals surface area contributed by atoms with Gasteiger partial charge in [0.1, 0.15) is 6.61 Å². The molecule has 0 aromatic heterocycles. The SMILES string of the molecule is COCC(=O)Nc1cccc(NC(=O)CCSC)c1. The summed E-state index contributed by atoms with van der Waals surface area (Å²) >= 11 is 1.63. The molecule has 104 valence electrons. The molecule has 0 fully saturated rings. The number of carbonyl (C=O) groups excluding carboxylic acids is 2. The molecule has 19 heavy (non-hydrogen) atoms. The van der Waals surface area contributed by atoms with E-state index in [2.05, 4.69) is 10.6 Å². The molecule has 1 rings (SSSR count). The zero-order valence-electron chi connectivity index (χ0n) is 11.1. The predicted octanol–water partition coefficient (Wildman–Crippen LogP) is 1.96. The number of carbonyl (C=O) groups is 2. The third-order valence-electron chi connectivity index (χ3n) is 2.24. The molecule has 0 saturated carbocycles. The Hall–Kier alpha value is -1.53. The van der Waals surface area contributed by atoms with E-state index in [1.165, 1.54) is 7.11 Å². The van der Waals surface area contributed by atoms with Gasteiger partial charge in [-0.15, -0.1) is 0 Å². The van der Waals surface area contributed by atoms with Crippen molar-refractivity contribution in [1.82, 2.24) is 0 Å². The molecule has 0 aliphatic heterocycles. The molecule has 2 amide bonds. The van der Waals surface area contributed by atoms with E-state index >= 15 is 0 Å². The highest BCUT2D eigenvalue weighted by atomic mass is 32.2. The zero-order valence-corrected chi connectivity index (χ0v) is 11.9. The van der Waals surface area contributed by atoms with Crippen molar-refractivity contribution >= 4 is 35.0 Å². The number of nitrogens with one attached hydrogen (secondary N) is 2. The second-order valence-corrected chi connectivity index (χ2v) is 4.84. The first-order valence-corrected chi connectivity index (χ1v) is 7.22. The van der Waals surface area contributed by atoms with E-state index in [0.29, 0.717) is 17.8 Å². The summed E-state index contributed by atoms with van der Waals surface area (Å²) in [4.78, 5) is 22.9. The number of amides is 2. The normalized spacial score (nSPS) is 10.0. The van der Waals surface area contributed by atoms with Gasteiger partial charge in [-0.25, -0.2) is 0 Å². The van der Waals surface area contributed by atoms with Crippen LogP contribution in [0.1, 0.15) is 6.42 Å². The molecule has 0 heterocycles. The topological polar surface area (TPSA) is 67.4 Å². The fraction of sp³-hybridized carbons (Fsp3) is 0.385. The molecule has 0 radical (unpaired) electrons. The van der Waals surface area contributed by atoms with Gasteiger partial charge in [-0.3, -0.25) is 9.59 Å². The van der Waals surface area contributed by atoms with Gasteiger partial charge in [0.2, 0.25) is 11.8 Å². The lowest BCUT2D eigenvalue weighted by atomic mass is 10.2. The van der Waals surface area contributed by atoms with Gasteiger partial charge in [-0.2, -0.15) is 11.8 Å². The summed E-state index contributed by atoms with van der Waals surface area (Å²) in [7, 11) is 1.46. The van der Waals surface area contributed by atoms with E-state index in [9.17, 15) is 9.59 Å². The van der Waals surface area contributed by atoms with Crippen LogP contribution in [0.25, 0.3) is 0 Å². The molecular formula is C13H18N2O3S. The Morgan fingerprint density at radius 2 is 1.84 bits per heavy atom. The van der Waals surface area contributed by atoms with Gasteiger partial charge in [0.25, 0.3) is 0 Å². The van der Waals surface area contributed by atoms with Gasteiger partial charge >= 0.3 is 0 Å². The summed E-state index contributed by atoms with van der Waals surface area (Å²) in [6.07, 6.45) is 2.43. The fourth-order valence-electron chi connectivity index (χ4n) is 1.42. The number of hydrogen-bond donors (Lipinski definition) is 2. The van der Waals surface area contributed by atoms with Crippen LogP contribution in [0.4, 0.5) is 11.4 Å². The molecule has 0 aliphatic carbocycles. The monoisotopic (exact) mass is 282 g/mol. The number of rotatable bonds is 7. The van der Waals surface area contributed by atoms with Gasteiger partial charge in [-0.05, 0) is 24.5 Å². The molecule has 0 atom stereocenters. The lowest BCUT2D eigenvalue weighted by Gasteiger charge is -2.08. The summed E-state index contributed by atoms with van der Waals surface area (Å²) in [5.41, 5.74) is 1.30. The van der Waals surface area contributed by atoms with Crippen LogP contribution >= 0.6 is 11.8 Å². The van der Waals surface area contributed by atoms with Crippen LogP contribution in [0.3, 0.4) is 0 Å². The highest BCUT2D eigenvalue weighted by molar-refractivity contribution is 7.98. The van der Waals surface area contributed by atoms with Crippen molar-refractivity contribution in [2.75, 3.05) is 36.4 Å². The van der Waals surface area contributed by atoms with Crippen LogP contribution in [-0.2, 0) is 14.3 Å². The van der Waals surface area contributed by atoms with Crippen molar-refractivity contribution in [3.05, 3.63) is 24.3 Å². The van der Waals surface area contributed by atoms with E-state index in [1.807, 2.05) is 6.26 Å². The Morgan fingerprint density at radius 1 is 1.21 bits per heavy atom. The maximum absolute atomic E-state index is 11.6. The highest BCUT2D eigenvalue weighted by Crippen LogP contribution is 2.15. The van der Waals surface area contributed by atoms with Gasteiger partial charge < -0.3 is 15.4 Å². The van der Waals surface area contributed by atoms with Crippen molar-refractivity contribution in [3.63, 3.8) is 0 Å². The lowest BCUT2D eigenvalue weighted by molar-refractivity contribution is -0.119. The standard InChI is InChI=1S/C13H18N2O3S/c1-18-9-13(17)15-11-5-3-4-10(8-11)14-12(16)6-7-19-2/h3-5,8H,6-7,9H2,1-2H3,(H,14,16)(H,15,17). The van der Waals surface area contributed by atoms with Crippen LogP contribution in [0.5, 0.6) is 0 Å². The minimum atomic E-state index is -0.228. The average molecular weight is 282 g/mol. The van der Waals surface area contributed by atoms with E-state index in [-0.39, 0.29) is 18.4 Å². The average Bonchev–Trinajstić information content (AvgIpc) is 2.37. The number of ether oxygens (including phenoxy) is 1. The summed E-state index contributed by atoms with van der Waals surface area (Å²) in [6.45, 7) is 0.00428. The van der Waals surface area contributed by atoms with Crippen molar-refractivity contribution in [1.29, 1.82) is 0 Å². The molecule has 0 spiro atoms. The Balaban J connectivity index is 2.56. The van der Waals surface area contributed by atoms with E-state index in [0.717, 1.165) is 5.75 Å². The Kier molecular flexibility index (Phi) is 6.99. The molecule has 2 N–H and O–H groups in total. The van der Waals surface area contributed by atoms with Crippen LogP contribution in [0.15, 0.2) is 24.3 Å². The fourth-order valence-corrected chi connectivity index (χ4v) is 1.81. The van der Waals surface area contributed by atoms with Gasteiger partial charge in [0, 0.05) is 30.7 Å². The van der Waals surface area contributed by atoms with Crippen LogP contribution < -0.4 is 10.6 Å². The van der Waals surface area contributed by atoms with E-state index in [1.54, 1.807) is 36.0 Å². The van der Waals surface area contributed by atoms with Gasteiger partial charge in [-0.1, -0.05) is 6.07 Å². The summed E-state index contributed by atoms with van der Waals surface area (Å²) in [5.74, 6) is 0.527. The number of benzene rings is 1. The molecule has 0 aliphatic rings. The smallest absolute Gasteiger partial charge is 0.250 e. The number of anilines is 2. The Bertz CT molecular complexity index is 438. The molecular weight excluding hydrogens is 264 g/mol. The second kappa shape index (κ2) is 8.55. The molecule has 0 saturated heterocycles. The molecule has 1 aromatic rings. The Morgan fingerprint density at radius 3 is 2.42 bits per heavy atom. The van der Waals surface area contributed by atoms with Crippen molar-refractivity contribution in [2.24, 2.45) is 0 Å². The Labute approximate surface area is 117 Å². The van der Waals surface area contributed by atoms with E-state index < -0.39 is 0 Å². The zero-order chi connectivity index (χ0) is 14.1. The first-order valence-electron chi connectivity index (χ1n) is 5.83. The van der Waals surface area contributed by atoms with Gasteiger partial charge in [0.15, 0.2) is 0 Å². The van der Waals surface area contributed by atoms with Crippen molar-refractivity contribution < 1.29 is 14.3 Å². The summed E-state index contributed by atoms with van der Waals surface area (Å²) in [5, 5.41) is 5.47. The predicted molar refractivity (Wildman–Crippen MR) is 78.6 cm³/mol. The maximum Gasteiger partial charge on any atom is 0.250 e. The summed E-state index contributed by atoms with van der Waals surface area (Å²) in [6, 6.07) is 7.02. The van der Waals surface area contributed by atoms with E-state index in [4.69, 9.17) is 4.74 Å². The third-order valence-corrected chi connectivity index (χ3v) is 2.85. The third kappa shape index (κ3) is 6.26. The molecule has 5 nitrogen and oxygen atoms in total. The minimum Gasteiger partial charge on any atom is -0.375 e. The van der Waals surface area contributed by atoms with Crippen LogP contribution in [0, 0.1) is 0 Å². The van der Waals surface area contributed by atoms with Crippen molar-refractivity contribution in [2.45, 2.75) is 6.42 Å².